The number of hydrogen-bond donors (Lipinski definition) is 0. The van der Waals surface area contributed by atoms with Gasteiger partial charge in [-0.15, -0.1) is 0 Å². The standard InChI is InChI=1S/C21H27NO4/c1-7-26-21(24)19-15(5)22(12-13(2)3)20(23)17(19)11-16-8-9-18(25-6)14(4)10-16/h8-11,13H,7,12H2,1-6H3/b17-11-. The summed E-state index contributed by atoms with van der Waals surface area (Å²) in [5.41, 5.74) is 3.19. The van der Waals surface area contributed by atoms with Crippen molar-refractivity contribution in [3.8, 4) is 5.75 Å². The third-order valence-electron chi connectivity index (χ3n) is 4.27. The molecule has 26 heavy (non-hydrogen) atoms. The van der Waals surface area contributed by atoms with E-state index in [1.807, 2.05) is 39.0 Å². The van der Waals surface area contributed by atoms with Gasteiger partial charge in [0.15, 0.2) is 0 Å². The first-order chi connectivity index (χ1) is 12.3. The molecular weight excluding hydrogens is 330 g/mol. The summed E-state index contributed by atoms with van der Waals surface area (Å²) >= 11 is 0. The predicted octanol–water partition coefficient (Wildman–Crippen LogP) is 3.72. The van der Waals surface area contributed by atoms with E-state index in [0.29, 0.717) is 29.3 Å². The highest BCUT2D eigenvalue weighted by atomic mass is 16.5. The highest BCUT2D eigenvalue weighted by Gasteiger charge is 2.37. The van der Waals surface area contributed by atoms with E-state index in [9.17, 15) is 9.59 Å². The fourth-order valence-corrected chi connectivity index (χ4v) is 3.07. The lowest BCUT2D eigenvalue weighted by Crippen LogP contribution is -2.28. The number of rotatable bonds is 6. The number of nitrogens with zero attached hydrogens (tertiary/aromatic N) is 1. The molecule has 0 saturated carbocycles. The van der Waals surface area contributed by atoms with E-state index < -0.39 is 5.97 Å². The number of carbonyl (C=O) groups excluding carboxylic acids is 2. The number of esters is 1. The van der Waals surface area contributed by atoms with Crippen molar-refractivity contribution in [2.45, 2.75) is 34.6 Å². The van der Waals surface area contributed by atoms with Crippen LogP contribution in [0.15, 0.2) is 35.0 Å². The van der Waals surface area contributed by atoms with Crippen molar-refractivity contribution in [2.75, 3.05) is 20.3 Å². The smallest absolute Gasteiger partial charge is 0.340 e. The van der Waals surface area contributed by atoms with Crippen molar-refractivity contribution in [1.29, 1.82) is 0 Å². The quantitative estimate of drug-likeness (QED) is 0.575. The van der Waals surface area contributed by atoms with Crippen LogP contribution in [0, 0.1) is 12.8 Å². The summed E-state index contributed by atoms with van der Waals surface area (Å²) in [6, 6.07) is 5.66. The van der Waals surface area contributed by atoms with E-state index in [0.717, 1.165) is 16.9 Å². The van der Waals surface area contributed by atoms with Crippen LogP contribution in [0.2, 0.25) is 0 Å². The number of methoxy groups -OCH3 is 1. The molecule has 0 unspecified atom stereocenters. The van der Waals surface area contributed by atoms with Crippen LogP contribution in [0.4, 0.5) is 0 Å². The number of aryl methyl sites for hydroxylation is 1. The van der Waals surface area contributed by atoms with Gasteiger partial charge in [-0.3, -0.25) is 4.79 Å². The van der Waals surface area contributed by atoms with Crippen LogP contribution in [-0.2, 0) is 14.3 Å². The van der Waals surface area contributed by atoms with Crippen LogP contribution >= 0.6 is 0 Å². The molecule has 140 valence electrons. The summed E-state index contributed by atoms with van der Waals surface area (Å²) in [6.07, 6.45) is 1.75. The molecule has 1 aliphatic heterocycles. The molecule has 0 spiro atoms. The summed E-state index contributed by atoms with van der Waals surface area (Å²) in [7, 11) is 1.62. The Kier molecular flexibility index (Phi) is 6.24. The third kappa shape index (κ3) is 3.98. The maximum atomic E-state index is 13.0. The Morgan fingerprint density at radius 1 is 1.27 bits per heavy atom. The second-order valence-corrected chi connectivity index (χ2v) is 6.78. The van der Waals surface area contributed by atoms with Gasteiger partial charge in [-0.2, -0.15) is 0 Å². The number of benzene rings is 1. The lowest BCUT2D eigenvalue weighted by atomic mass is 10.0. The van der Waals surface area contributed by atoms with Gasteiger partial charge in [0.05, 0.1) is 24.9 Å². The van der Waals surface area contributed by atoms with Crippen LogP contribution in [0.1, 0.15) is 38.8 Å². The molecule has 1 aliphatic rings. The van der Waals surface area contributed by atoms with E-state index >= 15 is 0 Å². The van der Waals surface area contributed by atoms with E-state index in [4.69, 9.17) is 9.47 Å². The average Bonchev–Trinajstić information content (AvgIpc) is 2.79. The van der Waals surface area contributed by atoms with E-state index in [1.54, 1.807) is 31.9 Å². The third-order valence-corrected chi connectivity index (χ3v) is 4.27. The van der Waals surface area contributed by atoms with Crippen molar-refractivity contribution >= 4 is 18.0 Å². The van der Waals surface area contributed by atoms with Crippen LogP contribution < -0.4 is 4.74 Å². The summed E-state index contributed by atoms with van der Waals surface area (Å²) in [6.45, 7) is 10.4. The Hall–Kier alpha value is -2.56. The number of ether oxygens (including phenoxy) is 2. The molecule has 1 aromatic rings. The van der Waals surface area contributed by atoms with Gasteiger partial charge in [0, 0.05) is 12.2 Å². The highest BCUT2D eigenvalue weighted by Crippen LogP contribution is 2.32. The second kappa shape index (κ2) is 8.21. The molecule has 5 nitrogen and oxygen atoms in total. The first-order valence-electron chi connectivity index (χ1n) is 8.86. The maximum Gasteiger partial charge on any atom is 0.340 e. The lowest BCUT2D eigenvalue weighted by Gasteiger charge is -2.19. The van der Waals surface area contributed by atoms with Gasteiger partial charge in [0.1, 0.15) is 5.75 Å². The molecule has 0 aromatic heterocycles. The Morgan fingerprint density at radius 2 is 1.96 bits per heavy atom. The van der Waals surface area contributed by atoms with E-state index in [-0.39, 0.29) is 12.5 Å². The van der Waals surface area contributed by atoms with Gasteiger partial charge in [0.2, 0.25) is 0 Å². The first kappa shape index (κ1) is 19.8. The van der Waals surface area contributed by atoms with Crippen molar-refractivity contribution in [3.05, 3.63) is 46.2 Å². The van der Waals surface area contributed by atoms with E-state index in [2.05, 4.69) is 0 Å². The Labute approximate surface area is 155 Å². The zero-order valence-corrected chi connectivity index (χ0v) is 16.4. The van der Waals surface area contributed by atoms with Gasteiger partial charge in [-0.05, 0) is 56.0 Å². The number of amides is 1. The monoisotopic (exact) mass is 357 g/mol. The van der Waals surface area contributed by atoms with Crippen molar-refractivity contribution in [3.63, 3.8) is 0 Å². The Morgan fingerprint density at radius 3 is 2.50 bits per heavy atom. The Bertz CT molecular complexity index is 774. The van der Waals surface area contributed by atoms with Gasteiger partial charge >= 0.3 is 5.97 Å². The minimum Gasteiger partial charge on any atom is -0.496 e. The average molecular weight is 357 g/mol. The first-order valence-corrected chi connectivity index (χ1v) is 8.86. The van der Waals surface area contributed by atoms with Gasteiger partial charge in [-0.1, -0.05) is 19.9 Å². The fraction of sp³-hybridized carbons (Fsp3) is 0.429. The molecule has 1 amide bonds. The second-order valence-electron chi connectivity index (χ2n) is 6.78. The van der Waals surface area contributed by atoms with Crippen molar-refractivity contribution < 1.29 is 19.1 Å². The van der Waals surface area contributed by atoms with Crippen LogP contribution in [0.5, 0.6) is 5.75 Å². The summed E-state index contributed by atoms with van der Waals surface area (Å²) in [5.74, 6) is 0.456. The highest BCUT2D eigenvalue weighted by molar-refractivity contribution is 6.16. The maximum absolute atomic E-state index is 13.0. The molecular formula is C21H27NO4. The predicted molar refractivity (Wildman–Crippen MR) is 102 cm³/mol. The lowest BCUT2D eigenvalue weighted by molar-refractivity contribution is -0.138. The number of allylic oxidation sites excluding steroid dienone is 1. The number of hydrogen-bond acceptors (Lipinski definition) is 4. The van der Waals surface area contributed by atoms with Crippen molar-refractivity contribution in [2.24, 2.45) is 5.92 Å². The minimum atomic E-state index is -0.457. The molecule has 0 saturated heterocycles. The topological polar surface area (TPSA) is 55.8 Å². The largest absolute Gasteiger partial charge is 0.496 e. The van der Waals surface area contributed by atoms with E-state index in [1.165, 1.54) is 0 Å². The molecule has 2 rings (SSSR count). The number of carbonyl (C=O) groups is 2. The van der Waals surface area contributed by atoms with Crippen molar-refractivity contribution in [1.82, 2.24) is 4.90 Å². The minimum absolute atomic E-state index is 0.160. The molecule has 0 radical (unpaired) electrons. The zero-order chi connectivity index (χ0) is 19.4. The van der Waals surface area contributed by atoms with Crippen LogP contribution in [0.3, 0.4) is 0 Å². The Balaban J connectivity index is 2.51. The SMILES string of the molecule is CCOC(=O)C1=C(C)N(CC(C)C)C(=O)/C1=C\c1ccc(OC)c(C)c1. The van der Waals surface area contributed by atoms with Gasteiger partial charge in [-0.25, -0.2) is 4.79 Å². The fourth-order valence-electron chi connectivity index (χ4n) is 3.07. The molecule has 1 aromatic carbocycles. The summed E-state index contributed by atoms with van der Waals surface area (Å²) < 4.78 is 10.5. The van der Waals surface area contributed by atoms with Crippen LogP contribution in [0.25, 0.3) is 6.08 Å². The molecule has 0 bridgehead atoms. The molecule has 0 aliphatic carbocycles. The molecule has 5 heteroatoms. The molecule has 0 fully saturated rings. The normalized spacial score (nSPS) is 16.0. The van der Waals surface area contributed by atoms with Gasteiger partial charge in [0.25, 0.3) is 5.91 Å². The zero-order valence-electron chi connectivity index (χ0n) is 16.4. The molecule has 0 N–H and O–H groups in total. The van der Waals surface area contributed by atoms with Crippen LogP contribution in [-0.4, -0.2) is 37.0 Å². The summed E-state index contributed by atoms with van der Waals surface area (Å²) in [5, 5.41) is 0. The molecule has 1 heterocycles. The van der Waals surface area contributed by atoms with Gasteiger partial charge < -0.3 is 14.4 Å². The molecule has 0 atom stereocenters. The summed E-state index contributed by atoms with van der Waals surface area (Å²) in [4.78, 5) is 27.1.